The predicted molar refractivity (Wildman–Crippen MR) is 238 cm³/mol. The molecule has 6 nitrogen and oxygen atoms in total. The lowest BCUT2D eigenvalue weighted by Gasteiger charge is -2.18. The van der Waals surface area contributed by atoms with Crippen LogP contribution in [0, 0.1) is 11.8 Å². The molecule has 6 heteroatoms. The van der Waals surface area contributed by atoms with Gasteiger partial charge in [-0.3, -0.25) is 14.4 Å². The third-order valence-electron chi connectivity index (χ3n) is 11.2. The Labute approximate surface area is 348 Å². The zero-order chi connectivity index (χ0) is 41.2. The molecule has 0 saturated heterocycles. The van der Waals surface area contributed by atoms with Crippen LogP contribution in [0.1, 0.15) is 272 Å². The smallest absolute Gasteiger partial charge is 0.306 e. The largest absolute Gasteiger partial charge is 0.462 e. The summed E-state index contributed by atoms with van der Waals surface area (Å²) in [6.07, 6.45) is 42.4. The number of esters is 3. The molecule has 0 unspecified atom stereocenters. The van der Waals surface area contributed by atoms with Gasteiger partial charge in [0, 0.05) is 19.3 Å². The van der Waals surface area contributed by atoms with Crippen molar-refractivity contribution >= 4 is 17.9 Å². The molecule has 0 aromatic rings. The summed E-state index contributed by atoms with van der Waals surface area (Å²) < 4.78 is 16.8. The SMILES string of the molecule is CCCCCCCCCCCCCCCCC(=O)O[C@H](COC(=O)CCCCCCCCCCCCCC(C)C)COC(=O)CCCCCCCCCC(C)C. The molecule has 0 aliphatic heterocycles. The molecule has 0 bridgehead atoms. The van der Waals surface area contributed by atoms with Gasteiger partial charge < -0.3 is 14.2 Å². The fourth-order valence-electron chi connectivity index (χ4n) is 7.46. The highest BCUT2D eigenvalue weighted by Gasteiger charge is 2.19. The third kappa shape index (κ3) is 43.5. The highest BCUT2D eigenvalue weighted by molar-refractivity contribution is 5.71. The first-order valence-electron chi connectivity index (χ1n) is 24.7. The van der Waals surface area contributed by atoms with Crippen molar-refractivity contribution < 1.29 is 28.6 Å². The van der Waals surface area contributed by atoms with Crippen LogP contribution in [0.3, 0.4) is 0 Å². The van der Waals surface area contributed by atoms with E-state index >= 15 is 0 Å². The Morgan fingerprint density at radius 2 is 0.589 bits per heavy atom. The van der Waals surface area contributed by atoms with E-state index in [1.165, 1.54) is 161 Å². The maximum Gasteiger partial charge on any atom is 0.306 e. The minimum absolute atomic E-state index is 0.0646. The second-order valence-electron chi connectivity index (χ2n) is 18.1. The Bertz CT molecular complexity index is 854. The van der Waals surface area contributed by atoms with Crippen molar-refractivity contribution in [2.45, 2.75) is 278 Å². The molecule has 0 fully saturated rings. The second kappa shape index (κ2) is 43.0. The summed E-state index contributed by atoms with van der Waals surface area (Å²) in [5, 5.41) is 0. The van der Waals surface area contributed by atoms with E-state index < -0.39 is 6.10 Å². The molecular formula is C50H96O6. The number of carbonyl (C=O) groups is 3. The van der Waals surface area contributed by atoms with Gasteiger partial charge in [0.1, 0.15) is 13.2 Å². The lowest BCUT2D eigenvalue weighted by atomic mass is 10.0. The Morgan fingerprint density at radius 1 is 0.339 bits per heavy atom. The van der Waals surface area contributed by atoms with Crippen LogP contribution in [0.25, 0.3) is 0 Å². The molecule has 0 radical (unpaired) electrons. The first-order valence-corrected chi connectivity index (χ1v) is 24.7. The number of unbranched alkanes of at least 4 members (excludes halogenated alkanes) is 29. The number of hydrogen-bond acceptors (Lipinski definition) is 6. The van der Waals surface area contributed by atoms with Crippen LogP contribution in [0.2, 0.25) is 0 Å². The van der Waals surface area contributed by atoms with Crippen LogP contribution in [0.4, 0.5) is 0 Å². The van der Waals surface area contributed by atoms with Gasteiger partial charge in [-0.2, -0.15) is 0 Å². The minimum atomic E-state index is -0.761. The molecule has 0 spiro atoms. The van der Waals surface area contributed by atoms with Gasteiger partial charge in [-0.05, 0) is 31.1 Å². The van der Waals surface area contributed by atoms with E-state index in [0.717, 1.165) is 69.6 Å². The Balaban J connectivity index is 4.31. The van der Waals surface area contributed by atoms with E-state index in [9.17, 15) is 14.4 Å². The molecule has 0 aliphatic carbocycles. The fourth-order valence-corrected chi connectivity index (χ4v) is 7.46. The molecule has 0 aromatic heterocycles. The van der Waals surface area contributed by atoms with Crippen molar-refractivity contribution in [2.24, 2.45) is 11.8 Å². The molecule has 1 atom stereocenters. The topological polar surface area (TPSA) is 78.9 Å². The number of hydrogen-bond donors (Lipinski definition) is 0. The fraction of sp³-hybridized carbons (Fsp3) is 0.940. The summed E-state index contributed by atoms with van der Waals surface area (Å²) in [7, 11) is 0. The molecule has 56 heavy (non-hydrogen) atoms. The average molecular weight is 793 g/mol. The van der Waals surface area contributed by atoms with Crippen LogP contribution in [0.5, 0.6) is 0 Å². The molecule has 0 rings (SSSR count). The molecule has 0 aromatic carbocycles. The van der Waals surface area contributed by atoms with E-state index in [1.807, 2.05) is 0 Å². The molecule has 0 aliphatic rings. The van der Waals surface area contributed by atoms with Gasteiger partial charge in [0.2, 0.25) is 0 Å². The summed E-state index contributed by atoms with van der Waals surface area (Å²) in [5.74, 6) is 0.754. The van der Waals surface area contributed by atoms with Crippen molar-refractivity contribution in [2.75, 3.05) is 13.2 Å². The van der Waals surface area contributed by atoms with E-state index in [0.29, 0.717) is 19.3 Å². The molecular weight excluding hydrogens is 697 g/mol. The van der Waals surface area contributed by atoms with Gasteiger partial charge in [-0.15, -0.1) is 0 Å². The Morgan fingerprint density at radius 3 is 0.875 bits per heavy atom. The Hall–Kier alpha value is -1.59. The van der Waals surface area contributed by atoms with Gasteiger partial charge in [-0.25, -0.2) is 0 Å². The second-order valence-corrected chi connectivity index (χ2v) is 18.1. The van der Waals surface area contributed by atoms with E-state index in [-0.39, 0.29) is 31.1 Å². The van der Waals surface area contributed by atoms with Crippen molar-refractivity contribution in [1.82, 2.24) is 0 Å². The average Bonchev–Trinajstić information content (AvgIpc) is 3.16. The summed E-state index contributed by atoms with van der Waals surface area (Å²) in [4.78, 5) is 37.8. The molecule has 0 N–H and O–H groups in total. The number of ether oxygens (including phenoxy) is 3. The number of rotatable bonds is 44. The highest BCUT2D eigenvalue weighted by atomic mass is 16.6. The van der Waals surface area contributed by atoms with Crippen molar-refractivity contribution in [3.63, 3.8) is 0 Å². The zero-order valence-corrected chi connectivity index (χ0v) is 38.3. The van der Waals surface area contributed by atoms with Gasteiger partial charge in [0.25, 0.3) is 0 Å². The Kier molecular flexibility index (Phi) is 41.8. The lowest BCUT2D eigenvalue weighted by Crippen LogP contribution is -2.30. The minimum Gasteiger partial charge on any atom is -0.462 e. The molecule has 332 valence electrons. The van der Waals surface area contributed by atoms with Crippen molar-refractivity contribution in [3.8, 4) is 0 Å². The third-order valence-corrected chi connectivity index (χ3v) is 11.2. The maximum atomic E-state index is 12.7. The normalized spacial score (nSPS) is 12.1. The molecule has 0 heterocycles. The highest BCUT2D eigenvalue weighted by Crippen LogP contribution is 2.17. The van der Waals surface area contributed by atoms with Crippen LogP contribution in [0.15, 0.2) is 0 Å². The lowest BCUT2D eigenvalue weighted by molar-refractivity contribution is -0.167. The maximum absolute atomic E-state index is 12.7. The first kappa shape index (κ1) is 54.4. The first-order chi connectivity index (χ1) is 27.2. The van der Waals surface area contributed by atoms with Gasteiger partial charge in [-0.1, -0.05) is 234 Å². The van der Waals surface area contributed by atoms with Gasteiger partial charge >= 0.3 is 17.9 Å². The van der Waals surface area contributed by atoms with Crippen LogP contribution in [-0.2, 0) is 28.6 Å². The van der Waals surface area contributed by atoms with Crippen molar-refractivity contribution in [3.05, 3.63) is 0 Å². The van der Waals surface area contributed by atoms with Crippen LogP contribution in [-0.4, -0.2) is 37.2 Å². The zero-order valence-electron chi connectivity index (χ0n) is 38.3. The number of carbonyl (C=O) groups excluding carboxylic acids is 3. The quantitative estimate of drug-likeness (QED) is 0.0347. The van der Waals surface area contributed by atoms with E-state index in [2.05, 4.69) is 34.6 Å². The van der Waals surface area contributed by atoms with E-state index in [4.69, 9.17) is 14.2 Å². The standard InChI is InChI=1S/C50H96O6/c1-6-7-8-9-10-11-12-13-14-17-21-26-32-37-42-50(53)56-47(44-55-49(52)41-36-31-27-22-24-29-34-39-46(4)5)43-54-48(51)40-35-30-25-20-18-15-16-19-23-28-33-38-45(2)3/h45-47H,6-44H2,1-5H3/t47-/m1/s1. The monoisotopic (exact) mass is 793 g/mol. The summed E-state index contributed by atoms with van der Waals surface area (Å²) in [5.41, 5.74) is 0. The summed E-state index contributed by atoms with van der Waals surface area (Å²) >= 11 is 0. The van der Waals surface area contributed by atoms with Crippen LogP contribution < -0.4 is 0 Å². The van der Waals surface area contributed by atoms with Crippen LogP contribution >= 0.6 is 0 Å². The van der Waals surface area contributed by atoms with Crippen molar-refractivity contribution in [1.29, 1.82) is 0 Å². The van der Waals surface area contributed by atoms with E-state index in [1.54, 1.807) is 0 Å². The van der Waals surface area contributed by atoms with Gasteiger partial charge in [0.05, 0.1) is 0 Å². The van der Waals surface area contributed by atoms with Gasteiger partial charge in [0.15, 0.2) is 6.10 Å². The predicted octanol–water partition coefficient (Wildman–Crippen LogP) is 15.8. The molecule has 0 amide bonds. The molecule has 0 saturated carbocycles. The summed E-state index contributed by atoms with van der Waals surface area (Å²) in [6.45, 7) is 11.3. The summed E-state index contributed by atoms with van der Waals surface area (Å²) in [6, 6.07) is 0.